The van der Waals surface area contributed by atoms with Crippen molar-refractivity contribution in [1.82, 2.24) is 15.0 Å². The SMILES string of the molecule is O=c1nc(NCCOCCO)nc(NCCS(=O)(=O)[O-])[nH]1.[Na+]. The van der Waals surface area contributed by atoms with Crippen LogP contribution in [0.15, 0.2) is 4.79 Å². The van der Waals surface area contributed by atoms with E-state index in [1.807, 2.05) is 0 Å². The van der Waals surface area contributed by atoms with Gasteiger partial charge in [0.1, 0.15) is 0 Å². The summed E-state index contributed by atoms with van der Waals surface area (Å²) in [4.78, 5) is 21.0. The van der Waals surface area contributed by atoms with E-state index in [9.17, 15) is 17.8 Å². The Morgan fingerprint density at radius 2 is 1.95 bits per heavy atom. The third-order valence-electron chi connectivity index (χ3n) is 2.06. The van der Waals surface area contributed by atoms with Gasteiger partial charge in [-0.1, -0.05) is 0 Å². The predicted molar refractivity (Wildman–Crippen MR) is 72.1 cm³/mol. The second-order valence-electron chi connectivity index (χ2n) is 3.78. The molecular formula is C9H16N5NaO6S. The van der Waals surface area contributed by atoms with E-state index in [4.69, 9.17) is 9.84 Å². The molecule has 0 atom stereocenters. The number of aliphatic hydroxyl groups is 1. The number of aliphatic hydroxyl groups excluding tert-OH is 1. The van der Waals surface area contributed by atoms with Gasteiger partial charge in [-0.15, -0.1) is 0 Å². The number of hydrogen-bond acceptors (Lipinski definition) is 10. The molecule has 0 saturated heterocycles. The Labute approximate surface area is 148 Å². The summed E-state index contributed by atoms with van der Waals surface area (Å²) in [7, 11) is -4.34. The van der Waals surface area contributed by atoms with Crippen molar-refractivity contribution in [2.45, 2.75) is 0 Å². The smallest absolute Gasteiger partial charge is 0.748 e. The Morgan fingerprint density at radius 1 is 1.23 bits per heavy atom. The van der Waals surface area contributed by atoms with E-state index in [2.05, 4.69) is 25.6 Å². The molecule has 11 nitrogen and oxygen atoms in total. The van der Waals surface area contributed by atoms with E-state index >= 15 is 0 Å². The number of aromatic amines is 1. The van der Waals surface area contributed by atoms with Crippen molar-refractivity contribution >= 4 is 22.0 Å². The first-order chi connectivity index (χ1) is 9.90. The van der Waals surface area contributed by atoms with E-state index in [1.54, 1.807) is 0 Å². The maximum Gasteiger partial charge on any atom is 1.00 e. The van der Waals surface area contributed by atoms with E-state index in [1.165, 1.54) is 0 Å². The number of hydrogen-bond donors (Lipinski definition) is 4. The molecule has 0 unspecified atom stereocenters. The summed E-state index contributed by atoms with van der Waals surface area (Å²) in [6, 6.07) is 0. The molecule has 0 aromatic carbocycles. The van der Waals surface area contributed by atoms with Crippen LogP contribution in [0, 0.1) is 0 Å². The normalized spacial score (nSPS) is 10.8. The minimum absolute atomic E-state index is 0. The van der Waals surface area contributed by atoms with Gasteiger partial charge in [0.05, 0.1) is 35.7 Å². The zero-order valence-corrected chi connectivity index (χ0v) is 14.9. The fraction of sp³-hybridized carbons (Fsp3) is 0.667. The molecule has 0 radical (unpaired) electrons. The van der Waals surface area contributed by atoms with Crippen LogP contribution in [0.2, 0.25) is 0 Å². The quantitative estimate of drug-likeness (QED) is 0.182. The first-order valence-electron chi connectivity index (χ1n) is 5.99. The molecule has 1 heterocycles. The van der Waals surface area contributed by atoms with Crippen LogP contribution in [-0.4, -0.2) is 71.7 Å². The van der Waals surface area contributed by atoms with Crippen molar-refractivity contribution in [3.05, 3.63) is 10.5 Å². The minimum atomic E-state index is -4.34. The molecule has 120 valence electrons. The number of aromatic nitrogens is 3. The van der Waals surface area contributed by atoms with Gasteiger partial charge in [0.25, 0.3) is 0 Å². The van der Waals surface area contributed by atoms with E-state index in [0.29, 0.717) is 6.54 Å². The Morgan fingerprint density at radius 3 is 2.59 bits per heavy atom. The zero-order valence-electron chi connectivity index (χ0n) is 12.0. The summed E-state index contributed by atoms with van der Waals surface area (Å²) in [6.07, 6.45) is 0. The van der Waals surface area contributed by atoms with Crippen LogP contribution in [0.3, 0.4) is 0 Å². The van der Waals surface area contributed by atoms with Crippen LogP contribution in [-0.2, 0) is 14.9 Å². The number of rotatable bonds is 10. The average molecular weight is 345 g/mol. The van der Waals surface area contributed by atoms with Gasteiger partial charge in [-0.05, 0) is 0 Å². The summed E-state index contributed by atoms with van der Waals surface area (Å²) in [5, 5.41) is 13.7. The third kappa shape index (κ3) is 10.0. The monoisotopic (exact) mass is 345 g/mol. The van der Waals surface area contributed by atoms with E-state index in [0.717, 1.165) is 0 Å². The Bertz CT molecular complexity index is 594. The molecule has 0 aliphatic heterocycles. The molecule has 0 amide bonds. The number of ether oxygens (including phenoxy) is 1. The summed E-state index contributed by atoms with van der Waals surface area (Å²) in [5.74, 6) is -0.604. The molecule has 0 aliphatic rings. The molecule has 1 rings (SSSR count). The Hall–Kier alpha value is -0.760. The summed E-state index contributed by atoms with van der Waals surface area (Å²) >= 11 is 0. The third-order valence-corrected chi connectivity index (χ3v) is 2.76. The number of H-pyrrole nitrogens is 1. The van der Waals surface area contributed by atoms with E-state index in [-0.39, 0.29) is 67.8 Å². The molecule has 4 N–H and O–H groups in total. The molecular weight excluding hydrogens is 329 g/mol. The van der Waals surface area contributed by atoms with Crippen LogP contribution < -0.4 is 45.9 Å². The fourth-order valence-corrected chi connectivity index (χ4v) is 1.60. The van der Waals surface area contributed by atoms with Crippen molar-refractivity contribution < 1.29 is 52.4 Å². The number of nitrogens with one attached hydrogen (secondary N) is 3. The second-order valence-corrected chi connectivity index (χ2v) is 5.30. The van der Waals surface area contributed by atoms with Gasteiger partial charge in [0, 0.05) is 13.1 Å². The molecule has 0 bridgehead atoms. The van der Waals surface area contributed by atoms with Gasteiger partial charge in [-0.25, -0.2) is 13.2 Å². The minimum Gasteiger partial charge on any atom is -0.748 e. The first-order valence-corrected chi connectivity index (χ1v) is 7.57. The Balaban J connectivity index is 0.00000441. The number of anilines is 2. The molecule has 22 heavy (non-hydrogen) atoms. The molecule has 0 fully saturated rings. The molecule has 0 aliphatic carbocycles. The van der Waals surface area contributed by atoms with Gasteiger partial charge in [0.15, 0.2) is 0 Å². The predicted octanol–water partition coefficient (Wildman–Crippen LogP) is -5.45. The fourth-order valence-electron chi connectivity index (χ4n) is 1.24. The van der Waals surface area contributed by atoms with Gasteiger partial charge < -0.3 is 25.0 Å². The van der Waals surface area contributed by atoms with Crippen LogP contribution >= 0.6 is 0 Å². The van der Waals surface area contributed by atoms with E-state index < -0.39 is 21.6 Å². The standard InChI is InChI=1S/C9H17N5O6S.Na/c15-3-5-20-4-1-10-7-12-8(14-9(16)13-7)11-2-6-21(17,18)19;/h15H,1-6H2,(H,17,18,19)(H3,10,11,12,13,14,16);/q;+1/p-1. The zero-order chi connectivity index (χ0) is 15.7. The second kappa shape index (κ2) is 10.9. The van der Waals surface area contributed by atoms with Crippen LogP contribution in [0.4, 0.5) is 11.9 Å². The topological polar surface area (TPSA) is 169 Å². The first kappa shape index (κ1) is 21.2. The molecule has 0 spiro atoms. The number of nitrogens with zero attached hydrogens (tertiary/aromatic N) is 2. The maximum atomic E-state index is 11.3. The molecule has 0 saturated carbocycles. The summed E-state index contributed by atoms with van der Waals surface area (Å²) < 4.78 is 36.3. The van der Waals surface area contributed by atoms with Crippen molar-refractivity contribution in [3.63, 3.8) is 0 Å². The van der Waals surface area contributed by atoms with Gasteiger partial charge >= 0.3 is 35.2 Å². The average Bonchev–Trinajstić information content (AvgIpc) is 2.36. The van der Waals surface area contributed by atoms with Gasteiger partial charge in [0.2, 0.25) is 11.9 Å². The summed E-state index contributed by atoms with van der Waals surface area (Å²) in [5.41, 5.74) is -0.684. The maximum absolute atomic E-state index is 11.3. The van der Waals surface area contributed by atoms with Crippen LogP contribution in [0.5, 0.6) is 0 Å². The largest absolute Gasteiger partial charge is 1.00 e. The van der Waals surface area contributed by atoms with Crippen molar-refractivity contribution in [1.29, 1.82) is 0 Å². The molecule has 1 aromatic rings. The van der Waals surface area contributed by atoms with Crippen LogP contribution in [0.25, 0.3) is 0 Å². The summed E-state index contributed by atoms with van der Waals surface area (Å²) in [6.45, 7) is 0.538. The van der Waals surface area contributed by atoms with Gasteiger partial charge in [-0.3, -0.25) is 4.98 Å². The molecule has 1 aromatic heterocycles. The van der Waals surface area contributed by atoms with Crippen molar-refractivity contribution in [2.75, 3.05) is 49.3 Å². The van der Waals surface area contributed by atoms with Gasteiger partial charge in [-0.2, -0.15) is 9.97 Å². The van der Waals surface area contributed by atoms with Crippen molar-refractivity contribution in [3.8, 4) is 0 Å². The van der Waals surface area contributed by atoms with Crippen molar-refractivity contribution in [2.24, 2.45) is 0 Å². The van der Waals surface area contributed by atoms with Crippen LogP contribution in [0.1, 0.15) is 0 Å². The molecule has 13 heteroatoms. The Kier molecular flexibility index (Phi) is 10.5.